The maximum absolute atomic E-state index is 6.25. The molecule has 108 valence electrons. The largest absolute Gasteiger partial charge is 0.492 e. The normalized spacial score (nSPS) is 24.6. The third-order valence-electron chi connectivity index (χ3n) is 4.76. The standard InChI is InChI=1S/C19H21NO/c1-2-7-16-13-21-19-15(12-14(16)6-1)8-5-9-17(19)18-10-3-4-11-20-18/h1-2,5-8,17H,3-4,9-13H2. The quantitative estimate of drug-likeness (QED) is 0.754. The van der Waals surface area contributed by atoms with Gasteiger partial charge in [0.2, 0.25) is 0 Å². The number of ether oxygens (including phenoxy) is 1. The molecule has 2 aliphatic heterocycles. The van der Waals surface area contributed by atoms with E-state index in [9.17, 15) is 0 Å². The fraction of sp³-hybridized carbons (Fsp3) is 0.421. The molecule has 0 saturated heterocycles. The molecule has 0 aromatic heterocycles. The van der Waals surface area contributed by atoms with E-state index in [1.54, 1.807) is 0 Å². The molecule has 0 amide bonds. The average Bonchev–Trinajstić information content (AvgIpc) is 2.74. The van der Waals surface area contributed by atoms with Crippen molar-refractivity contribution < 1.29 is 4.74 Å². The molecule has 21 heavy (non-hydrogen) atoms. The van der Waals surface area contributed by atoms with Gasteiger partial charge in [-0.2, -0.15) is 0 Å². The smallest absolute Gasteiger partial charge is 0.113 e. The predicted octanol–water partition coefficient (Wildman–Crippen LogP) is 4.21. The Morgan fingerprint density at radius 3 is 2.86 bits per heavy atom. The van der Waals surface area contributed by atoms with E-state index in [0.29, 0.717) is 12.5 Å². The van der Waals surface area contributed by atoms with Gasteiger partial charge in [0.15, 0.2) is 0 Å². The Hall–Kier alpha value is -1.83. The highest BCUT2D eigenvalue weighted by molar-refractivity contribution is 5.90. The van der Waals surface area contributed by atoms with Gasteiger partial charge < -0.3 is 4.74 Å². The van der Waals surface area contributed by atoms with Crippen molar-refractivity contribution in [3.05, 3.63) is 58.9 Å². The summed E-state index contributed by atoms with van der Waals surface area (Å²) in [5.74, 6) is 1.58. The summed E-state index contributed by atoms with van der Waals surface area (Å²) in [6.45, 7) is 1.70. The summed E-state index contributed by atoms with van der Waals surface area (Å²) in [6.07, 6.45) is 10.3. The van der Waals surface area contributed by atoms with Crippen LogP contribution in [0.1, 0.15) is 36.8 Å². The summed E-state index contributed by atoms with van der Waals surface area (Å²) >= 11 is 0. The maximum Gasteiger partial charge on any atom is 0.113 e. The van der Waals surface area contributed by atoms with Gasteiger partial charge in [0.25, 0.3) is 0 Å². The van der Waals surface area contributed by atoms with Crippen LogP contribution in [0.25, 0.3) is 0 Å². The Balaban J connectivity index is 1.68. The Morgan fingerprint density at radius 2 is 2.00 bits per heavy atom. The first-order valence-corrected chi connectivity index (χ1v) is 8.04. The molecule has 1 atom stereocenters. The highest BCUT2D eigenvalue weighted by Gasteiger charge is 2.29. The second kappa shape index (κ2) is 5.51. The summed E-state index contributed by atoms with van der Waals surface area (Å²) in [7, 11) is 0. The van der Waals surface area contributed by atoms with E-state index in [0.717, 1.165) is 25.8 Å². The lowest BCUT2D eigenvalue weighted by Gasteiger charge is -2.27. The molecule has 2 heterocycles. The van der Waals surface area contributed by atoms with Gasteiger partial charge in [-0.25, -0.2) is 0 Å². The van der Waals surface area contributed by atoms with Gasteiger partial charge in [-0.05, 0) is 42.4 Å². The van der Waals surface area contributed by atoms with Crippen LogP contribution in [0.4, 0.5) is 0 Å². The number of rotatable bonds is 1. The van der Waals surface area contributed by atoms with Gasteiger partial charge in [-0.3, -0.25) is 4.99 Å². The van der Waals surface area contributed by atoms with Crippen molar-refractivity contribution in [3.63, 3.8) is 0 Å². The second-order valence-electron chi connectivity index (χ2n) is 6.14. The van der Waals surface area contributed by atoms with Gasteiger partial charge in [-0.15, -0.1) is 0 Å². The first-order valence-electron chi connectivity index (χ1n) is 8.04. The predicted molar refractivity (Wildman–Crippen MR) is 85.4 cm³/mol. The van der Waals surface area contributed by atoms with E-state index in [-0.39, 0.29) is 0 Å². The lowest BCUT2D eigenvalue weighted by atomic mass is 9.85. The number of fused-ring (bicyclic) bond motifs is 1. The molecule has 0 spiro atoms. The van der Waals surface area contributed by atoms with Gasteiger partial charge in [0.1, 0.15) is 12.4 Å². The minimum Gasteiger partial charge on any atom is -0.492 e. The van der Waals surface area contributed by atoms with E-state index in [4.69, 9.17) is 9.73 Å². The van der Waals surface area contributed by atoms with Crippen LogP contribution >= 0.6 is 0 Å². The average molecular weight is 279 g/mol. The van der Waals surface area contributed by atoms with E-state index in [1.165, 1.54) is 41.0 Å². The first-order chi connectivity index (χ1) is 10.4. The summed E-state index contributed by atoms with van der Waals surface area (Å²) in [6, 6.07) is 8.64. The molecule has 0 saturated carbocycles. The summed E-state index contributed by atoms with van der Waals surface area (Å²) < 4.78 is 6.25. The van der Waals surface area contributed by atoms with Crippen molar-refractivity contribution in [1.29, 1.82) is 0 Å². The molecule has 0 N–H and O–H groups in total. The minimum absolute atomic E-state index is 0.389. The molecule has 2 nitrogen and oxygen atoms in total. The van der Waals surface area contributed by atoms with Gasteiger partial charge >= 0.3 is 0 Å². The van der Waals surface area contributed by atoms with Gasteiger partial charge in [0.05, 0.1) is 5.92 Å². The molecule has 2 heteroatoms. The molecule has 0 fully saturated rings. The van der Waals surface area contributed by atoms with Crippen molar-refractivity contribution in [1.82, 2.24) is 0 Å². The molecule has 0 radical (unpaired) electrons. The highest BCUT2D eigenvalue weighted by atomic mass is 16.5. The second-order valence-corrected chi connectivity index (χ2v) is 6.14. The lowest BCUT2D eigenvalue weighted by Crippen LogP contribution is -2.23. The molecule has 3 aliphatic rings. The molecule has 0 bridgehead atoms. The SMILES string of the molecule is C1=CC2=C(OCc3ccccc3C2)C(C2=NCCCC2)C1. The number of hydrogen-bond donors (Lipinski definition) is 0. The first kappa shape index (κ1) is 12.9. The van der Waals surface area contributed by atoms with Crippen LogP contribution in [-0.2, 0) is 17.8 Å². The number of hydrogen-bond acceptors (Lipinski definition) is 2. The van der Waals surface area contributed by atoms with Crippen LogP contribution in [0.3, 0.4) is 0 Å². The van der Waals surface area contributed by atoms with Crippen molar-refractivity contribution >= 4 is 5.71 Å². The molecule has 1 aliphatic carbocycles. The maximum atomic E-state index is 6.25. The van der Waals surface area contributed by atoms with Crippen LogP contribution in [-0.4, -0.2) is 12.3 Å². The zero-order valence-corrected chi connectivity index (χ0v) is 12.3. The van der Waals surface area contributed by atoms with E-state index in [1.807, 2.05) is 0 Å². The number of aliphatic imine (C=N–C) groups is 1. The Kier molecular flexibility index (Phi) is 3.38. The number of nitrogens with zero attached hydrogens (tertiary/aromatic N) is 1. The minimum atomic E-state index is 0.389. The molecular formula is C19H21NO. The van der Waals surface area contributed by atoms with Crippen LogP contribution < -0.4 is 0 Å². The Bertz CT molecular complexity index is 639. The Labute approximate surface area is 126 Å². The van der Waals surface area contributed by atoms with Crippen molar-refractivity contribution in [3.8, 4) is 0 Å². The summed E-state index contributed by atoms with van der Waals surface area (Å²) in [5.41, 5.74) is 5.44. The van der Waals surface area contributed by atoms with Crippen LogP contribution in [0.5, 0.6) is 0 Å². The van der Waals surface area contributed by atoms with E-state index in [2.05, 4.69) is 36.4 Å². The van der Waals surface area contributed by atoms with Crippen molar-refractivity contribution in [2.45, 2.75) is 38.7 Å². The third-order valence-corrected chi connectivity index (χ3v) is 4.76. The van der Waals surface area contributed by atoms with E-state index < -0.39 is 0 Å². The summed E-state index contributed by atoms with van der Waals surface area (Å²) in [4.78, 5) is 4.79. The highest BCUT2D eigenvalue weighted by Crippen LogP contribution is 2.35. The van der Waals surface area contributed by atoms with Crippen LogP contribution in [0, 0.1) is 5.92 Å². The van der Waals surface area contributed by atoms with Crippen molar-refractivity contribution in [2.24, 2.45) is 10.9 Å². The zero-order chi connectivity index (χ0) is 14.1. The van der Waals surface area contributed by atoms with Gasteiger partial charge in [-0.1, -0.05) is 36.4 Å². The van der Waals surface area contributed by atoms with Crippen molar-refractivity contribution in [2.75, 3.05) is 6.54 Å². The zero-order valence-electron chi connectivity index (χ0n) is 12.3. The molecule has 4 rings (SSSR count). The number of allylic oxidation sites excluding steroid dienone is 4. The molecule has 1 aromatic carbocycles. The monoisotopic (exact) mass is 279 g/mol. The summed E-state index contributed by atoms with van der Waals surface area (Å²) in [5, 5.41) is 0. The fourth-order valence-electron chi connectivity index (χ4n) is 3.62. The van der Waals surface area contributed by atoms with Crippen LogP contribution in [0.2, 0.25) is 0 Å². The molecule has 1 aromatic rings. The third kappa shape index (κ3) is 2.44. The number of benzene rings is 1. The molecule has 1 unspecified atom stereocenters. The lowest BCUT2D eigenvalue weighted by molar-refractivity contribution is 0.176. The van der Waals surface area contributed by atoms with Crippen LogP contribution in [0.15, 0.2) is 52.7 Å². The Morgan fingerprint density at radius 1 is 1.10 bits per heavy atom. The molecular weight excluding hydrogens is 258 g/mol. The topological polar surface area (TPSA) is 21.6 Å². The van der Waals surface area contributed by atoms with E-state index >= 15 is 0 Å². The fourth-order valence-corrected chi connectivity index (χ4v) is 3.62. The van der Waals surface area contributed by atoms with Gasteiger partial charge in [0, 0.05) is 18.7 Å².